The monoisotopic (exact) mass is 338 g/mol. The van der Waals surface area contributed by atoms with Crippen molar-refractivity contribution in [1.29, 1.82) is 0 Å². The molecule has 2 aromatic carbocycles. The van der Waals surface area contributed by atoms with Gasteiger partial charge in [0, 0.05) is 16.9 Å². The fourth-order valence-corrected chi connectivity index (χ4v) is 2.47. The van der Waals surface area contributed by atoms with E-state index in [-0.39, 0.29) is 11.1 Å². The lowest BCUT2D eigenvalue weighted by atomic mass is 10.2. The second-order valence-electron chi connectivity index (χ2n) is 5.30. The molecule has 0 fully saturated rings. The van der Waals surface area contributed by atoms with E-state index < -0.39 is 5.91 Å². The number of carbonyl (C=O) groups excluding carboxylic acids is 1. The minimum absolute atomic E-state index is 0.107. The molecule has 0 radical (unpaired) electrons. The summed E-state index contributed by atoms with van der Waals surface area (Å²) in [6, 6.07) is 19.5. The van der Waals surface area contributed by atoms with Crippen molar-refractivity contribution in [2.75, 3.05) is 5.32 Å². The number of nitrogens with one attached hydrogen (secondary N) is 1. The Hall–Kier alpha value is -2.85. The zero-order chi connectivity index (χ0) is 16.9. The third kappa shape index (κ3) is 3.73. The lowest BCUT2D eigenvalue weighted by Crippen LogP contribution is -2.29. The number of anilines is 1. The molecule has 0 spiro atoms. The predicted molar refractivity (Wildman–Crippen MR) is 95.7 cm³/mol. The molecule has 3 aromatic rings. The van der Waals surface area contributed by atoms with Gasteiger partial charge in [-0.25, -0.2) is 0 Å². The molecular formula is C19H15ClN2O2. The Morgan fingerprint density at radius 2 is 1.67 bits per heavy atom. The summed E-state index contributed by atoms with van der Waals surface area (Å²) in [5, 5.41) is 3.37. The van der Waals surface area contributed by atoms with Crippen molar-refractivity contribution in [3.8, 4) is 0 Å². The number of hydrogen-bond acceptors (Lipinski definition) is 2. The molecule has 0 aliphatic carbocycles. The van der Waals surface area contributed by atoms with E-state index in [1.165, 1.54) is 10.6 Å². The molecule has 0 atom stereocenters. The first kappa shape index (κ1) is 16.0. The topological polar surface area (TPSA) is 51.1 Å². The van der Waals surface area contributed by atoms with E-state index in [1.807, 2.05) is 30.3 Å². The molecule has 1 N–H and O–H groups in total. The van der Waals surface area contributed by atoms with Gasteiger partial charge in [-0.15, -0.1) is 0 Å². The Bertz CT molecular complexity index is 903. The molecule has 1 aromatic heterocycles. The Kier molecular flexibility index (Phi) is 4.77. The molecule has 1 amide bonds. The second kappa shape index (κ2) is 7.15. The fraction of sp³-hybridized carbons (Fsp3) is 0.0526. The van der Waals surface area contributed by atoms with E-state index in [4.69, 9.17) is 11.6 Å². The highest BCUT2D eigenvalue weighted by Gasteiger charge is 2.12. The predicted octanol–water partition coefficient (Wildman–Crippen LogP) is 3.80. The summed E-state index contributed by atoms with van der Waals surface area (Å²) in [4.78, 5) is 24.9. The molecule has 0 bridgehead atoms. The fourth-order valence-electron chi connectivity index (χ4n) is 2.34. The number of pyridine rings is 1. The summed E-state index contributed by atoms with van der Waals surface area (Å²) in [5.41, 5.74) is 1.35. The van der Waals surface area contributed by atoms with Gasteiger partial charge in [0.25, 0.3) is 11.5 Å². The van der Waals surface area contributed by atoms with Crippen LogP contribution in [-0.4, -0.2) is 10.5 Å². The van der Waals surface area contributed by atoms with Crippen molar-refractivity contribution in [1.82, 2.24) is 4.57 Å². The summed E-state index contributed by atoms with van der Waals surface area (Å²) in [6.45, 7) is 0.377. The summed E-state index contributed by atoms with van der Waals surface area (Å²) in [6.07, 6.45) is 1.66. The lowest BCUT2D eigenvalue weighted by molar-refractivity contribution is 0.102. The van der Waals surface area contributed by atoms with Crippen LogP contribution in [0.5, 0.6) is 0 Å². The summed E-state index contributed by atoms with van der Waals surface area (Å²) in [5.74, 6) is -0.420. The summed E-state index contributed by atoms with van der Waals surface area (Å²) >= 11 is 5.87. The SMILES string of the molecule is O=C(Nc1ccccc1)c1cccn(Cc2ccc(Cl)cc2)c1=O. The van der Waals surface area contributed by atoms with Crippen LogP contribution in [0.2, 0.25) is 5.02 Å². The number of nitrogens with zero attached hydrogens (tertiary/aromatic N) is 1. The van der Waals surface area contributed by atoms with Crippen molar-refractivity contribution in [2.45, 2.75) is 6.54 Å². The maximum atomic E-state index is 12.5. The maximum absolute atomic E-state index is 12.5. The molecule has 1 heterocycles. The Balaban J connectivity index is 1.84. The van der Waals surface area contributed by atoms with Gasteiger partial charge >= 0.3 is 0 Å². The smallest absolute Gasteiger partial charge is 0.263 e. The van der Waals surface area contributed by atoms with E-state index >= 15 is 0 Å². The summed E-state index contributed by atoms with van der Waals surface area (Å²) in [7, 11) is 0. The minimum atomic E-state index is -0.420. The van der Waals surface area contributed by atoms with Crippen LogP contribution in [0.15, 0.2) is 77.7 Å². The average molecular weight is 339 g/mol. The maximum Gasteiger partial charge on any atom is 0.263 e. The van der Waals surface area contributed by atoms with Gasteiger partial charge in [0.2, 0.25) is 0 Å². The van der Waals surface area contributed by atoms with Gasteiger partial charge in [-0.3, -0.25) is 9.59 Å². The number of aromatic nitrogens is 1. The van der Waals surface area contributed by atoms with Crippen LogP contribution >= 0.6 is 11.6 Å². The van der Waals surface area contributed by atoms with E-state index in [9.17, 15) is 9.59 Å². The van der Waals surface area contributed by atoms with Gasteiger partial charge in [-0.1, -0.05) is 41.9 Å². The van der Waals surface area contributed by atoms with Gasteiger partial charge in [0.1, 0.15) is 5.56 Å². The number of carbonyl (C=O) groups is 1. The molecule has 0 saturated carbocycles. The molecule has 0 unspecified atom stereocenters. The van der Waals surface area contributed by atoms with Crippen LogP contribution < -0.4 is 10.9 Å². The van der Waals surface area contributed by atoms with Crippen molar-refractivity contribution in [2.24, 2.45) is 0 Å². The zero-order valence-electron chi connectivity index (χ0n) is 12.8. The molecule has 120 valence electrons. The Morgan fingerprint density at radius 1 is 0.958 bits per heavy atom. The quantitative estimate of drug-likeness (QED) is 0.786. The number of rotatable bonds is 4. The van der Waals surface area contributed by atoms with Crippen LogP contribution in [0.3, 0.4) is 0 Å². The van der Waals surface area contributed by atoms with Crippen LogP contribution in [0.1, 0.15) is 15.9 Å². The van der Waals surface area contributed by atoms with Crippen LogP contribution in [0.25, 0.3) is 0 Å². The Labute approximate surface area is 144 Å². The van der Waals surface area contributed by atoms with Crippen LogP contribution in [-0.2, 0) is 6.54 Å². The molecular weight excluding hydrogens is 324 g/mol. The Morgan fingerprint density at radius 3 is 2.38 bits per heavy atom. The number of para-hydroxylation sites is 1. The van der Waals surface area contributed by atoms with Crippen molar-refractivity contribution in [3.63, 3.8) is 0 Å². The van der Waals surface area contributed by atoms with Crippen LogP contribution in [0.4, 0.5) is 5.69 Å². The number of hydrogen-bond donors (Lipinski definition) is 1. The molecule has 0 saturated heterocycles. The minimum Gasteiger partial charge on any atom is -0.322 e. The normalized spacial score (nSPS) is 10.4. The van der Waals surface area contributed by atoms with Crippen molar-refractivity contribution < 1.29 is 4.79 Å². The van der Waals surface area contributed by atoms with E-state index in [2.05, 4.69) is 5.32 Å². The first-order chi connectivity index (χ1) is 11.6. The number of benzene rings is 2. The number of amides is 1. The van der Waals surface area contributed by atoms with Gasteiger partial charge in [-0.05, 0) is 42.0 Å². The zero-order valence-corrected chi connectivity index (χ0v) is 13.5. The molecule has 0 aliphatic heterocycles. The third-order valence-electron chi connectivity index (χ3n) is 3.56. The van der Waals surface area contributed by atoms with Gasteiger partial charge in [0.05, 0.1) is 6.54 Å². The highest BCUT2D eigenvalue weighted by Crippen LogP contribution is 2.11. The summed E-state index contributed by atoms with van der Waals surface area (Å²) < 4.78 is 1.50. The standard InChI is InChI=1S/C19H15ClN2O2/c20-15-10-8-14(9-11-15)13-22-12-4-7-17(19(22)24)18(23)21-16-5-2-1-3-6-16/h1-12H,13H2,(H,21,23). The van der Waals surface area contributed by atoms with Crippen LogP contribution in [0, 0.1) is 0 Å². The van der Waals surface area contributed by atoms with Crippen molar-refractivity contribution >= 4 is 23.2 Å². The molecule has 24 heavy (non-hydrogen) atoms. The first-order valence-electron chi connectivity index (χ1n) is 7.44. The molecule has 3 rings (SSSR count). The van der Waals surface area contributed by atoms with Gasteiger partial charge < -0.3 is 9.88 Å². The second-order valence-corrected chi connectivity index (χ2v) is 5.74. The molecule has 4 nitrogen and oxygen atoms in total. The van der Waals surface area contributed by atoms with Crippen molar-refractivity contribution in [3.05, 3.63) is 99.4 Å². The van der Waals surface area contributed by atoms with E-state index in [1.54, 1.807) is 36.5 Å². The lowest BCUT2D eigenvalue weighted by Gasteiger charge is -2.09. The average Bonchev–Trinajstić information content (AvgIpc) is 2.59. The van der Waals surface area contributed by atoms with E-state index in [0.29, 0.717) is 17.3 Å². The molecule has 5 heteroatoms. The molecule has 0 aliphatic rings. The largest absolute Gasteiger partial charge is 0.322 e. The van der Waals surface area contributed by atoms with Gasteiger partial charge in [0.15, 0.2) is 0 Å². The highest BCUT2D eigenvalue weighted by atomic mass is 35.5. The first-order valence-corrected chi connectivity index (χ1v) is 7.81. The third-order valence-corrected chi connectivity index (χ3v) is 3.81. The number of halogens is 1. The highest BCUT2D eigenvalue weighted by molar-refractivity contribution is 6.30. The van der Waals surface area contributed by atoms with Gasteiger partial charge in [-0.2, -0.15) is 0 Å². The van der Waals surface area contributed by atoms with E-state index in [0.717, 1.165) is 5.56 Å².